The van der Waals surface area contributed by atoms with Gasteiger partial charge >= 0.3 is 5.97 Å². The van der Waals surface area contributed by atoms with Gasteiger partial charge in [0.2, 0.25) is 0 Å². The van der Waals surface area contributed by atoms with E-state index < -0.39 is 28.5 Å². The van der Waals surface area contributed by atoms with Crippen molar-refractivity contribution in [3.63, 3.8) is 0 Å². The fourth-order valence-electron chi connectivity index (χ4n) is 3.68. The number of ketones is 1. The predicted octanol–water partition coefficient (Wildman–Crippen LogP) is 5.01. The zero-order chi connectivity index (χ0) is 25.7. The van der Waals surface area contributed by atoms with Gasteiger partial charge in [-0.05, 0) is 59.5 Å². The molecule has 0 spiro atoms. The maximum absolute atomic E-state index is 13.2. The maximum Gasteiger partial charge on any atom is 0.322 e. The van der Waals surface area contributed by atoms with Crippen LogP contribution in [0.25, 0.3) is 12.2 Å². The quantitative estimate of drug-likeness (QED) is 0.213. The summed E-state index contributed by atoms with van der Waals surface area (Å²) in [6, 6.07) is 22.2. The van der Waals surface area contributed by atoms with Gasteiger partial charge < -0.3 is 10.4 Å². The molecule has 4 rings (SSSR count). The highest BCUT2D eigenvalue weighted by Gasteiger charge is 2.41. The number of carbonyl (C=O) groups excluding carboxylic acids is 1. The first-order valence-electron chi connectivity index (χ1n) is 11.0. The second kappa shape index (κ2) is 11.7. The molecule has 0 aliphatic carbocycles. The Bertz CT molecular complexity index is 1330. The van der Waals surface area contributed by atoms with E-state index in [1.807, 2.05) is 54.6 Å². The molecule has 36 heavy (non-hydrogen) atoms. The maximum atomic E-state index is 13.2. The molecule has 3 aromatic carbocycles. The molecule has 3 aromatic rings. The van der Waals surface area contributed by atoms with E-state index in [1.54, 1.807) is 36.4 Å². The molecule has 1 heterocycles. The Morgan fingerprint density at radius 1 is 1.03 bits per heavy atom. The SMILES string of the molecule is O=C(/C=C/c1ccc(/C=C2/N[C@H](S)N([C@@H](Cc3ccccc3)C(=O)O)S2=O)cc1)c1ccc(Cl)cc1. The van der Waals surface area contributed by atoms with Crippen molar-refractivity contribution in [3.8, 4) is 0 Å². The van der Waals surface area contributed by atoms with Crippen molar-refractivity contribution in [1.29, 1.82) is 0 Å². The van der Waals surface area contributed by atoms with Crippen molar-refractivity contribution in [2.45, 2.75) is 18.0 Å². The van der Waals surface area contributed by atoms with Crippen molar-refractivity contribution in [2.24, 2.45) is 0 Å². The third-order valence-corrected chi connectivity index (χ3v) is 7.79. The lowest BCUT2D eigenvalue weighted by Gasteiger charge is -2.24. The Kier molecular flexibility index (Phi) is 8.43. The number of nitrogens with zero attached hydrogens (tertiary/aromatic N) is 1. The average Bonchev–Trinajstić information content (AvgIpc) is 3.15. The van der Waals surface area contributed by atoms with Crippen LogP contribution in [0.15, 0.2) is 90.0 Å². The largest absolute Gasteiger partial charge is 0.480 e. The van der Waals surface area contributed by atoms with Crippen LogP contribution < -0.4 is 5.32 Å². The summed E-state index contributed by atoms with van der Waals surface area (Å²) >= 11 is 10.3. The lowest BCUT2D eigenvalue weighted by molar-refractivity contribution is -0.141. The number of nitrogens with one attached hydrogen (secondary N) is 1. The van der Waals surface area contributed by atoms with Crippen molar-refractivity contribution >= 4 is 59.1 Å². The smallest absolute Gasteiger partial charge is 0.322 e. The lowest BCUT2D eigenvalue weighted by Crippen LogP contribution is -2.45. The Labute approximate surface area is 222 Å². The minimum absolute atomic E-state index is 0.133. The zero-order valence-electron chi connectivity index (χ0n) is 19.0. The molecule has 6 nitrogen and oxygen atoms in total. The van der Waals surface area contributed by atoms with Crippen LogP contribution >= 0.6 is 24.2 Å². The molecular formula is C27H23ClN2O4S2. The van der Waals surface area contributed by atoms with Gasteiger partial charge in [-0.1, -0.05) is 72.3 Å². The number of halogens is 1. The van der Waals surface area contributed by atoms with Gasteiger partial charge in [-0.15, -0.1) is 12.6 Å². The third kappa shape index (κ3) is 6.33. The first kappa shape index (κ1) is 25.9. The molecule has 0 bridgehead atoms. The van der Waals surface area contributed by atoms with Crippen LogP contribution in [0, 0.1) is 0 Å². The van der Waals surface area contributed by atoms with Crippen LogP contribution in [0.5, 0.6) is 0 Å². The third-order valence-electron chi connectivity index (χ3n) is 5.55. The van der Waals surface area contributed by atoms with Crippen LogP contribution in [0.2, 0.25) is 5.02 Å². The van der Waals surface area contributed by atoms with Crippen molar-refractivity contribution in [2.75, 3.05) is 0 Å². The Balaban J connectivity index is 1.46. The molecule has 0 aromatic heterocycles. The van der Waals surface area contributed by atoms with Gasteiger partial charge in [-0.2, -0.15) is 4.31 Å². The molecule has 0 amide bonds. The van der Waals surface area contributed by atoms with E-state index in [1.165, 1.54) is 10.4 Å². The minimum Gasteiger partial charge on any atom is -0.480 e. The van der Waals surface area contributed by atoms with E-state index in [4.69, 9.17) is 11.6 Å². The first-order valence-corrected chi connectivity index (χ1v) is 13.0. The monoisotopic (exact) mass is 538 g/mol. The predicted molar refractivity (Wildman–Crippen MR) is 147 cm³/mol. The van der Waals surface area contributed by atoms with Gasteiger partial charge in [-0.3, -0.25) is 9.59 Å². The van der Waals surface area contributed by atoms with E-state index in [9.17, 15) is 18.9 Å². The van der Waals surface area contributed by atoms with Crippen LogP contribution in [0.4, 0.5) is 0 Å². The van der Waals surface area contributed by atoms with E-state index in [-0.39, 0.29) is 12.2 Å². The van der Waals surface area contributed by atoms with Gasteiger partial charge in [0, 0.05) is 10.6 Å². The molecule has 184 valence electrons. The minimum atomic E-state index is -1.73. The van der Waals surface area contributed by atoms with Gasteiger partial charge in [0.25, 0.3) is 0 Å². The van der Waals surface area contributed by atoms with Crippen molar-refractivity contribution in [1.82, 2.24) is 9.62 Å². The number of thiol groups is 1. The highest BCUT2D eigenvalue weighted by atomic mass is 35.5. The lowest BCUT2D eigenvalue weighted by atomic mass is 10.1. The number of hydrogen-bond acceptors (Lipinski definition) is 5. The summed E-state index contributed by atoms with van der Waals surface area (Å²) in [7, 11) is -1.73. The Morgan fingerprint density at radius 3 is 2.31 bits per heavy atom. The number of carboxylic acid groups (broad SMARTS) is 1. The number of carbonyl (C=O) groups is 2. The molecule has 1 saturated heterocycles. The van der Waals surface area contributed by atoms with Gasteiger partial charge in [0.05, 0.1) is 0 Å². The topological polar surface area (TPSA) is 86.7 Å². The molecule has 0 saturated carbocycles. The Morgan fingerprint density at radius 2 is 1.67 bits per heavy atom. The second-order valence-electron chi connectivity index (χ2n) is 8.05. The number of hydrogen-bond donors (Lipinski definition) is 3. The molecule has 1 unspecified atom stereocenters. The molecular weight excluding hydrogens is 516 g/mol. The first-order chi connectivity index (χ1) is 17.3. The van der Waals surface area contributed by atoms with Gasteiger partial charge in [0.15, 0.2) is 5.78 Å². The van der Waals surface area contributed by atoms with Crippen molar-refractivity contribution in [3.05, 3.63) is 117 Å². The van der Waals surface area contributed by atoms with E-state index in [0.29, 0.717) is 15.6 Å². The van der Waals surface area contributed by atoms with E-state index >= 15 is 0 Å². The second-order valence-corrected chi connectivity index (χ2v) is 10.3. The summed E-state index contributed by atoms with van der Waals surface area (Å²) in [5, 5.41) is 13.8. The molecule has 1 aliphatic heterocycles. The number of rotatable bonds is 8. The van der Waals surface area contributed by atoms with Gasteiger partial charge in [-0.25, -0.2) is 4.21 Å². The summed E-state index contributed by atoms with van der Waals surface area (Å²) in [6.07, 6.45) is 5.11. The number of carboxylic acids is 1. The molecule has 3 atom stereocenters. The van der Waals surface area contributed by atoms with Crippen LogP contribution in [-0.4, -0.2) is 36.9 Å². The number of benzene rings is 3. The average molecular weight is 539 g/mol. The van der Waals surface area contributed by atoms with Gasteiger partial charge in [0.1, 0.15) is 27.6 Å². The highest BCUT2D eigenvalue weighted by molar-refractivity contribution is 7.89. The molecule has 9 heteroatoms. The van der Waals surface area contributed by atoms with Crippen molar-refractivity contribution < 1.29 is 18.9 Å². The summed E-state index contributed by atoms with van der Waals surface area (Å²) in [5.41, 5.74) is 2.25. The molecule has 2 N–H and O–H groups in total. The molecule has 1 fully saturated rings. The summed E-state index contributed by atoms with van der Waals surface area (Å²) in [5.74, 6) is -1.20. The fraction of sp³-hybridized carbons (Fsp3) is 0.111. The Hall–Kier alpha value is -3.17. The summed E-state index contributed by atoms with van der Waals surface area (Å²) in [4.78, 5) is 24.3. The summed E-state index contributed by atoms with van der Waals surface area (Å²) < 4.78 is 14.5. The fourth-order valence-corrected chi connectivity index (χ4v) is 5.76. The van der Waals surface area contributed by atoms with Crippen LogP contribution in [-0.2, 0) is 22.2 Å². The molecule has 1 aliphatic rings. The van der Waals surface area contributed by atoms with E-state index in [0.717, 1.165) is 16.7 Å². The highest BCUT2D eigenvalue weighted by Crippen LogP contribution is 2.27. The normalized spacial score (nSPS) is 19.9. The number of allylic oxidation sites excluding steroid dienone is 1. The zero-order valence-corrected chi connectivity index (χ0v) is 21.4. The van der Waals surface area contributed by atoms with E-state index in [2.05, 4.69) is 17.9 Å². The van der Waals surface area contributed by atoms with Crippen LogP contribution in [0.3, 0.4) is 0 Å². The molecule has 0 radical (unpaired) electrons. The standard InChI is InChI=1S/C27H23ClN2O4S2/c28-22-13-11-21(12-14-22)24(31)15-10-18-6-8-20(9-7-18)17-25-29-27(35)30(36(25)34)23(26(32)33)16-19-4-2-1-3-5-19/h1-15,17,23,27,29,35H,16H2,(H,32,33)/b15-10+,25-17-/t23-,27-,36?/m0/s1. The number of aliphatic carboxylic acids is 1. The summed E-state index contributed by atoms with van der Waals surface area (Å²) in [6.45, 7) is 0. The van der Waals surface area contributed by atoms with Crippen LogP contribution in [0.1, 0.15) is 27.0 Å².